The van der Waals surface area contributed by atoms with Gasteiger partial charge >= 0.3 is 0 Å². The van der Waals surface area contributed by atoms with E-state index in [0.29, 0.717) is 18.7 Å². The number of anilines is 1. The number of aromatic nitrogens is 1. The first kappa shape index (κ1) is 20.7. The molecule has 0 aliphatic carbocycles. The molecule has 1 N–H and O–H groups in total. The summed E-state index contributed by atoms with van der Waals surface area (Å²) >= 11 is 11.9. The van der Waals surface area contributed by atoms with E-state index in [2.05, 4.69) is 10.3 Å². The largest absolute Gasteiger partial charge is 0.419 e. The molecule has 28 heavy (non-hydrogen) atoms. The van der Waals surface area contributed by atoms with Gasteiger partial charge in [0.15, 0.2) is 0 Å². The minimum atomic E-state index is -4.00. The molecule has 1 heterocycles. The maximum atomic E-state index is 13.2. The molecule has 0 atom stereocenters. The summed E-state index contributed by atoms with van der Waals surface area (Å²) in [7, 11) is -2.45. The molecule has 0 amide bonds. The van der Waals surface area contributed by atoms with Gasteiger partial charge in [-0.2, -0.15) is 4.98 Å². The van der Waals surface area contributed by atoms with Gasteiger partial charge in [0.25, 0.3) is 0 Å². The average molecular weight is 441 g/mol. The molecule has 0 spiro atoms. The number of sulfone groups is 1. The lowest BCUT2D eigenvalue weighted by molar-refractivity contribution is 0.210. The van der Waals surface area contributed by atoms with Crippen LogP contribution >= 0.6 is 23.2 Å². The molecule has 9 heteroatoms. The zero-order valence-electron chi connectivity index (χ0n) is 15.2. The van der Waals surface area contributed by atoms with Gasteiger partial charge in [-0.3, -0.25) is 0 Å². The fraction of sp³-hybridized carbons (Fsp3) is 0.211. The highest BCUT2D eigenvalue weighted by Crippen LogP contribution is 2.35. The third-order valence-corrected chi connectivity index (χ3v) is 6.42. The third-order valence-electron chi connectivity index (χ3n) is 4.02. The van der Waals surface area contributed by atoms with Crippen LogP contribution in [0.2, 0.25) is 10.0 Å². The van der Waals surface area contributed by atoms with Crippen LogP contribution in [-0.2, 0) is 14.6 Å². The Morgan fingerprint density at radius 3 is 2.57 bits per heavy atom. The average Bonchev–Trinajstić information content (AvgIpc) is 3.09. The highest BCUT2D eigenvalue weighted by molar-refractivity contribution is 7.91. The monoisotopic (exact) mass is 440 g/mol. The summed E-state index contributed by atoms with van der Waals surface area (Å²) in [5, 5.41) is 3.11. The third kappa shape index (κ3) is 4.17. The number of methoxy groups -OCH3 is 1. The Bertz CT molecular complexity index is 1100. The lowest BCUT2D eigenvalue weighted by Crippen LogP contribution is -2.11. The molecule has 0 saturated heterocycles. The van der Waals surface area contributed by atoms with Crippen LogP contribution in [0.3, 0.4) is 0 Å². The van der Waals surface area contributed by atoms with Crippen molar-refractivity contribution in [3.05, 3.63) is 58.1 Å². The Balaban J connectivity index is 2.11. The van der Waals surface area contributed by atoms with E-state index in [1.807, 2.05) is 31.2 Å². The second-order valence-electron chi connectivity index (χ2n) is 5.97. The second-order valence-corrected chi connectivity index (χ2v) is 8.65. The molecule has 0 saturated carbocycles. The molecule has 3 rings (SSSR count). The van der Waals surface area contributed by atoms with Gasteiger partial charge in [-0.15, -0.1) is 0 Å². The van der Waals surface area contributed by atoms with Crippen LogP contribution in [-0.4, -0.2) is 33.7 Å². The van der Waals surface area contributed by atoms with E-state index in [1.54, 1.807) is 7.11 Å². The summed E-state index contributed by atoms with van der Waals surface area (Å²) < 4.78 is 37.2. The molecular weight excluding hydrogens is 423 g/mol. The topological polar surface area (TPSA) is 81.4 Å². The maximum Gasteiger partial charge on any atom is 0.233 e. The highest BCUT2D eigenvalue weighted by atomic mass is 35.5. The summed E-state index contributed by atoms with van der Waals surface area (Å²) in [4.78, 5) is 4.26. The molecule has 0 unspecified atom stereocenters. The summed E-state index contributed by atoms with van der Waals surface area (Å²) in [6, 6.07) is 11.5. The molecule has 0 radical (unpaired) electrons. The van der Waals surface area contributed by atoms with Crippen molar-refractivity contribution in [1.82, 2.24) is 4.98 Å². The minimum absolute atomic E-state index is 0.0266. The Morgan fingerprint density at radius 1 is 1.14 bits per heavy atom. The molecule has 6 nitrogen and oxygen atoms in total. The van der Waals surface area contributed by atoms with Crippen molar-refractivity contribution >= 4 is 38.9 Å². The smallest absolute Gasteiger partial charge is 0.233 e. The number of nitrogens with zero attached hydrogens (tertiary/aromatic N) is 1. The van der Waals surface area contributed by atoms with Gasteiger partial charge in [-0.05, 0) is 36.8 Å². The summed E-state index contributed by atoms with van der Waals surface area (Å²) in [5.41, 5.74) is 1.61. The Morgan fingerprint density at radius 2 is 1.89 bits per heavy atom. The molecule has 0 fully saturated rings. The minimum Gasteiger partial charge on any atom is -0.419 e. The quantitative estimate of drug-likeness (QED) is 0.528. The number of benzene rings is 2. The zero-order chi connectivity index (χ0) is 20.3. The van der Waals surface area contributed by atoms with Crippen molar-refractivity contribution in [2.75, 3.05) is 25.6 Å². The number of hydrogen-bond acceptors (Lipinski definition) is 6. The standard InChI is InChI=1S/C19H18Cl2N2O4S/c1-12-5-3-4-6-14(12)17-23-19(18(27-17)22-9-10-26-2)28(24,25)13-7-8-15(20)16(21)11-13/h3-8,11,22H,9-10H2,1-2H3. The molecule has 148 valence electrons. The molecule has 0 aliphatic rings. The Hall–Kier alpha value is -2.06. The summed E-state index contributed by atoms with van der Waals surface area (Å²) in [6.07, 6.45) is 0. The van der Waals surface area contributed by atoms with Gasteiger partial charge in [-0.25, -0.2) is 8.42 Å². The molecule has 2 aromatic carbocycles. The van der Waals surface area contributed by atoms with E-state index in [4.69, 9.17) is 32.4 Å². The SMILES string of the molecule is COCCNc1oc(-c2ccccc2C)nc1S(=O)(=O)c1ccc(Cl)c(Cl)c1. The van der Waals surface area contributed by atoms with Crippen LogP contribution in [0.4, 0.5) is 5.88 Å². The van der Waals surface area contributed by atoms with Crippen molar-refractivity contribution in [2.24, 2.45) is 0 Å². The Kier molecular flexibility index (Phi) is 6.30. The fourth-order valence-corrected chi connectivity index (χ4v) is 4.22. The predicted octanol–water partition coefficient (Wildman–Crippen LogP) is 4.85. The Labute approximate surface area is 173 Å². The van der Waals surface area contributed by atoms with Crippen LogP contribution in [0.5, 0.6) is 0 Å². The number of hydrogen-bond donors (Lipinski definition) is 1. The maximum absolute atomic E-state index is 13.2. The van der Waals surface area contributed by atoms with E-state index in [-0.39, 0.29) is 31.7 Å². The van der Waals surface area contributed by atoms with Crippen LogP contribution in [0, 0.1) is 6.92 Å². The molecule has 0 aliphatic heterocycles. The number of halogens is 2. The number of aryl methyl sites for hydroxylation is 1. The first-order valence-electron chi connectivity index (χ1n) is 8.34. The second kappa shape index (κ2) is 8.53. The van der Waals surface area contributed by atoms with Gasteiger partial charge in [0.2, 0.25) is 26.6 Å². The lowest BCUT2D eigenvalue weighted by Gasteiger charge is -2.06. The van der Waals surface area contributed by atoms with Crippen LogP contribution in [0.1, 0.15) is 5.56 Å². The van der Waals surface area contributed by atoms with Gasteiger partial charge in [-0.1, -0.05) is 41.4 Å². The van der Waals surface area contributed by atoms with Gasteiger partial charge in [0.1, 0.15) is 0 Å². The van der Waals surface area contributed by atoms with Gasteiger partial charge in [0.05, 0.1) is 21.5 Å². The first-order chi connectivity index (χ1) is 13.3. The number of nitrogens with one attached hydrogen (secondary N) is 1. The van der Waals surface area contributed by atoms with E-state index in [1.165, 1.54) is 18.2 Å². The van der Waals surface area contributed by atoms with Crippen molar-refractivity contribution in [2.45, 2.75) is 16.8 Å². The zero-order valence-corrected chi connectivity index (χ0v) is 17.5. The van der Waals surface area contributed by atoms with Crippen LogP contribution < -0.4 is 5.32 Å². The van der Waals surface area contributed by atoms with Crippen molar-refractivity contribution in [3.63, 3.8) is 0 Å². The van der Waals surface area contributed by atoms with Crippen molar-refractivity contribution in [3.8, 4) is 11.5 Å². The van der Waals surface area contributed by atoms with Crippen LogP contribution in [0.15, 0.2) is 56.8 Å². The van der Waals surface area contributed by atoms with Gasteiger partial charge in [0, 0.05) is 19.2 Å². The predicted molar refractivity (Wildman–Crippen MR) is 109 cm³/mol. The fourth-order valence-electron chi connectivity index (χ4n) is 2.55. The summed E-state index contributed by atoms with van der Waals surface area (Å²) in [5.74, 6) is 0.248. The van der Waals surface area contributed by atoms with E-state index in [9.17, 15) is 8.42 Å². The molecule has 3 aromatic rings. The summed E-state index contributed by atoms with van der Waals surface area (Å²) in [6.45, 7) is 2.61. The normalized spacial score (nSPS) is 11.6. The van der Waals surface area contributed by atoms with E-state index in [0.717, 1.165) is 5.56 Å². The molecule has 1 aromatic heterocycles. The number of oxazole rings is 1. The van der Waals surface area contributed by atoms with Crippen molar-refractivity contribution < 1.29 is 17.6 Å². The number of ether oxygens (including phenoxy) is 1. The highest BCUT2D eigenvalue weighted by Gasteiger charge is 2.29. The first-order valence-corrected chi connectivity index (χ1v) is 10.6. The molecular formula is C19H18Cl2N2O4S. The van der Waals surface area contributed by atoms with Gasteiger partial charge < -0.3 is 14.5 Å². The van der Waals surface area contributed by atoms with Crippen LogP contribution in [0.25, 0.3) is 11.5 Å². The van der Waals surface area contributed by atoms with E-state index < -0.39 is 9.84 Å². The molecule has 0 bridgehead atoms. The van der Waals surface area contributed by atoms with Crippen molar-refractivity contribution in [1.29, 1.82) is 0 Å². The lowest BCUT2D eigenvalue weighted by atomic mass is 10.1. The number of rotatable bonds is 7. The van der Waals surface area contributed by atoms with E-state index >= 15 is 0 Å².